The monoisotopic (exact) mass is 408 g/mol. The molecule has 0 aliphatic carbocycles. The minimum absolute atomic E-state index is 0.113. The van der Waals surface area contributed by atoms with Crippen molar-refractivity contribution >= 4 is 5.91 Å². The number of aryl methyl sites for hydroxylation is 1. The molecule has 1 amide bonds. The minimum Gasteiger partial charge on any atom is -0.381 e. The lowest BCUT2D eigenvalue weighted by atomic mass is 9.73. The molecular formula is C25H32N2O3. The van der Waals surface area contributed by atoms with Gasteiger partial charge < -0.3 is 14.8 Å². The van der Waals surface area contributed by atoms with Gasteiger partial charge in [-0.2, -0.15) is 0 Å². The third kappa shape index (κ3) is 4.59. The van der Waals surface area contributed by atoms with E-state index in [0.717, 1.165) is 44.7 Å². The highest BCUT2D eigenvalue weighted by Crippen LogP contribution is 2.35. The van der Waals surface area contributed by atoms with Gasteiger partial charge in [-0.25, -0.2) is 0 Å². The van der Waals surface area contributed by atoms with Crippen LogP contribution in [0.25, 0.3) is 0 Å². The summed E-state index contributed by atoms with van der Waals surface area (Å²) in [4.78, 5) is 16.0. The third-order valence-corrected chi connectivity index (χ3v) is 6.51. The van der Waals surface area contributed by atoms with Gasteiger partial charge in [0.05, 0.1) is 24.7 Å². The van der Waals surface area contributed by atoms with E-state index in [4.69, 9.17) is 9.47 Å². The number of hydrogen-bond donors (Lipinski definition) is 1. The van der Waals surface area contributed by atoms with E-state index in [9.17, 15) is 4.79 Å². The van der Waals surface area contributed by atoms with E-state index in [1.165, 1.54) is 11.1 Å². The maximum Gasteiger partial charge on any atom is 0.230 e. The Hall–Kier alpha value is -2.21. The summed E-state index contributed by atoms with van der Waals surface area (Å²) in [5.41, 5.74) is 3.06. The van der Waals surface area contributed by atoms with Crippen LogP contribution in [0.1, 0.15) is 35.6 Å². The zero-order chi connectivity index (χ0) is 20.8. The van der Waals surface area contributed by atoms with Crippen LogP contribution in [0.2, 0.25) is 0 Å². The largest absolute Gasteiger partial charge is 0.381 e. The lowest BCUT2D eigenvalue weighted by molar-refractivity contribution is -0.130. The van der Waals surface area contributed by atoms with Gasteiger partial charge in [-0.15, -0.1) is 0 Å². The third-order valence-electron chi connectivity index (χ3n) is 6.51. The van der Waals surface area contributed by atoms with Crippen molar-refractivity contribution in [2.45, 2.75) is 31.2 Å². The van der Waals surface area contributed by atoms with Gasteiger partial charge in [0.15, 0.2) is 0 Å². The first kappa shape index (κ1) is 21.0. The van der Waals surface area contributed by atoms with Crippen molar-refractivity contribution in [2.24, 2.45) is 0 Å². The molecule has 0 spiro atoms. The molecule has 2 fully saturated rings. The standard InChI is InChI=1S/C25H32N2O3/c1-20-7-9-21(10-8-20)23(27-13-17-30-18-14-27)19-26-24(28)25(11-15-29-16-12-25)22-5-3-2-4-6-22/h2-10,23H,11-19H2,1H3,(H,26,28)/t23-/m1/s1. The molecule has 4 rings (SSSR count). The molecule has 160 valence electrons. The second kappa shape index (κ2) is 9.73. The van der Waals surface area contributed by atoms with E-state index in [2.05, 4.69) is 53.5 Å². The first-order valence-electron chi connectivity index (χ1n) is 11.0. The van der Waals surface area contributed by atoms with Crippen LogP contribution >= 0.6 is 0 Å². The summed E-state index contributed by atoms with van der Waals surface area (Å²) in [6.07, 6.45) is 1.44. The average Bonchev–Trinajstić information content (AvgIpc) is 2.82. The van der Waals surface area contributed by atoms with Gasteiger partial charge in [0.2, 0.25) is 5.91 Å². The molecule has 2 aromatic rings. The number of nitrogens with zero attached hydrogens (tertiary/aromatic N) is 1. The zero-order valence-electron chi connectivity index (χ0n) is 17.8. The van der Waals surface area contributed by atoms with Gasteiger partial charge in [0, 0.05) is 32.8 Å². The molecule has 1 N–H and O–H groups in total. The number of amides is 1. The van der Waals surface area contributed by atoms with Crippen LogP contribution < -0.4 is 5.32 Å². The van der Waals surface area contributed by atoms with Gasteiger partial charge in [-0.1, -0.05) is 60.2 Å². The summed E-state index contributed by atoms with van der Waals surface area (Å²) >= 11 is 0. The predicted octanol–water partition coefficient (Wildman–Crippen LogP) is 3.23. The van der Waals surface area contributed by atoms with Crippen molar-refractivity contribution in [3.8, 4) is 0 Å². The zero-order valence-corrected chi connectivity index (χ0v) is 17.8. The second-order valence-corrected chi connectivity index (χ2v) is 8.35. The Morgan fingerprint density at radius 2 is 1.60 bits per heavy atom. The number of benzene rings is 2. The van der Waals surface area contributed by atoms with Crippen LogP contribution in [-0.2, 0) is 19.7 Å². The van der Waals surface area contributed by atoms with Crippen molar-refractivity contribution in [1.29, 1.82) is 0 Å². The molecule has 30 heavy (non-hydrogen) atoms. The number of rotatable bonds is 6. The van der Waals surface area contributed by atoms with E-state index in [1.54, 1.807) is 0 Å². The van der Waals surface area contributed by atoms with Gasteiger partial charge in [-0.3, -0.25) is 9.69 Å². The summed E-state index contributed by atoms with van der Waals surface area (Å²) in [6.45, 7) is 7.17. The lowest BCUT2D eigenvalue weighted by Crippen LogP contribution is -2.51. The Kier molecular flexibility index (Phi) is 6.82. The Bertz CT molecular complexity index is 810. The van der Waals surface area contributed by atoms with E-state index in [-0.39, 0.29) is 11.9 Å². The average molecular weight is 409 g/mol. The highest BCUT2D eigenvalue weighted by atomic mass is 16.5. The normalized spacial score (nSPS) is 20.4. The number of carbonyl (C=O) groups excluding carboxylic acids is 1. The van der Waals surface area contributed by atoms with Crippen LogP contribution in [0.4, 0.5) is 0 Å². The molecule has 2 aliphatic rings. The van der Waals surface area contributed by atoms with E-state index < -0.39 is 5.41 Å². The summed E-state index contributed by atoms with van der Waals surface area (Å²) in [6, 6.07) is 19.0. The SMILES string of the molecule is Cc1ccc([C@@H](CNC(=O)C2(c3ccccc3)CCOCC2)N2CCOCC2)cc1. The molecule has 5 heteroatoms. The number of carbonyl (C=O) groups is 1. The Balaban J connectivity index is 1.54. The first-order chi connectivity index (χ1) is 14.7. The topological polar surface area (TPSA) is 50.8 Å². The molecule has 5 nitrogen and oxygen atoms in total. The summed E-state index contributed by atoms with van der Waals surface area (Å²) < 4.78 is 11.2. The molecular weight excluding hydrogens is 376 g/mol. The minimum atomic E-state index is -0.512. The molecule has 0 saturated carbocycles. The maximum absolute atomic E-state index is 13.6. The Morgan fingerprint density at radius 3 is 2.27 bits per heavy atom. The van der Waals surface area contributed by atoms with Crippen molar-refractivity contribution in [1.82, 2.24) is 10.2 Å². The van der Waals surface area contributed by atoms with Crippen molar-refractivity contribution in [2.75, 3.05) is 46.1 Å². The highest BCUT2D eigenvalue weighted by Gasteiger charge is 2.41. The van der Waals surface area contributed by atoms with E-state index >= 15 is 0 Å². The predicted molar refractivity (Wildman–Crippen MR) is 117 cm³/mol. The first-order valence-corrected chi connectivity index (χ1v) is 11.0. The number of ether oxygens (including phenoxy) is 2. The summed E-state index contributed by atoms with van der Waals surface area (Å²) in [5, 5.41) is 3.33. The Labute approximate surface area is 179 Å². The fraction of sp³-hybridized carbons (Fsp3) is 0.480. The Morgan fingerprint density at radius 1 is 0.967 bits per heavy atom. The van der Waals surface area contributed by atoms with Crippen LogP contribution in [0, 0.1) is 6.92 Å². The quantitative estimate of drug-likeness (QED) is 0.797. The number of morpholine rings is 1. The fourth-order valence-corrected chi connectivity index (χ4v) is 4.62. The van der Waals surface area contributed by atoms with Crippen molar-refractivity contribution in [3.63, 3.8) is 0 Å². The van der Waals surface area contributed by atoms with Gasteiger partial charge in [0.25, 0.3) is 0 Å². The van der Waals surface area contributed by atoms with Crippen LogP contribution in [0.5, 0.6) is 0 Å². The highest BCUT2D eigenvalue weighted by molar-refractivity contribution is 5.88. The smallest absolute Gasteiger partial charge is 0.230 e. The van der Waals surface area contributed by atoms with Gasteiger partial charge in [0.1, 0.15) is 0 Å². The van der Waals surface area contributed by atoms with Crippen molar-refractivity contribution in [3.05, 3.63) is 71.3 Å². The molecule has 2 saturated heterocycles. The number of hydrogen-bond acceptors (Lipinski definition) is 4. The van der Waals surface area contributed by atoms with E-state index in [0.29, 0.717) is 19.8 Å². The molecule has 0 radical (unpaired) electrons. The van der Waals surface area contributed by atoms with Gasteiger partial charge >= 0.3 is 0 Å². The summed E-state index contributed by atoms with van der Waals surface area (Å²) in [5.74, 6) is 0.113. The lowest BCUT2D eigenvalue weighted by Gasteiger charge is -2.38. The van der Waals surface area contributed by atoms with Crippen LogP contribution in [0.3, 0.4) is 0 Å². The molecule has 0 bridgehead atoms. The molecule has 1 atom stereocenters. The van der Waals surface area contributed by atoms with Gasteiger partial charge in [-0.05, 0) is 30.9 Å². The van der Waals surface area contributed by atoms with Crippen molar-refractivity contribution < 1.29 is 14.3 Å². The van der Waals surface area contributed by atoms with E-state index in [1.807, 2.05) is 18.2 Å². The molecule has 2 aliphatic heterocycles. The molecule has 2 heterocycles. The molecule has 0 unspecified atom stereocenters. The molecule has 2 aromatic carbocycles. The maximum atomic E-state index is 13.6. The van der Waals surface area contributed by atoms with Crippen LogP contribution in [0.15, 0.2) is 54.6 Å². The summed E-state index contributed by atoms with van der Waals surface area (Å²) in [7, 11) is 0. The second-order valence-electron chi connectivity index (χ2n) is 8.35. The molecule has 0 aromatic heterocycles. The van der Waals surface area contributed by atoms with Crippen LogP contribution in [-0.4, -0.2) is 56.9 Å². The number of nitrogens with one attached hydrogen (secondary N) is 1. The fourth-order valence-electron chi connectivity index (χ4n) is 4.62.